The second kappa shape index (κ2) is 31.6. The second-order valence-electron chi connectivity index (χ2n) is 13.9. The van der Waals surface area contributed by atoms with Gasteiger partial charge in [0, 0.05) is 12.8 Å². The molecule has 1 unspecified atom stereocenters. The van der Waals surface area contributed by atoms with E-state index in [2.05, 4.69) is 86.8 Å². The quantitative estimate of drug-likeness (QED) is 0.0286. The molecule has 0 fully saturated rings. The number of carbonyl (C=O) groups is 3. The number of aliphatic hydroxyl groups excluding tert-OH is 1. The first-order valence-corrected chi connectivity index (χ1v) is 20.6. The average Bonchev–Trinajstić information content (AvgIpc) is 3.19. The number of allylic oxidation sites excluding steroid dienone is 12. The summed E-state index contributed by atoms with van der Waals surface area (Å²) in [5.74, 6) is -2.94. The Bertz CT molecular complexity index is 1300. The summed E-state index contributed by atoms with van der Waals surface area (Å²) in [5, 5.41) is 33.6. The standard InChI is InChI=1S/C48H70O6/c1-3-5-7-9-11-13-15-17-19-21-23-25-27-29-34-38-45(51)48(54,47(53,42-49)44(50)41-40-43-36-32-31-33-37-43)46(52)39-35-30-28-26-24-22-20-18-16-14-12-10-8-6-4-2/h5-8,11-14,17-20,31-33,36-37,40-41,49,53-54H,3-4,9-10,15-16,21-30,34-35,38-39,42H2,1-2H3/b7-5-,8-6-,13-11-,14-12-,19-17-,20-18-,41-40+. The second-order valence-corrected chi connectivity index (χ2v) is 13.9. The van der Waals surface area contributed by atoms with Crippen molar-refractivity contribution in [2.75, 3.05) is 6.61 Å². The summed E-state index contributed by atoms with van der Waals surface area (Å²) in [4.78, 5) is 40.6. The summed E-state index contributed by atoms with van der Waals surface area (Å²) in [6.45, 7) is 2.98. The zero-order valence-electron chi connectivity index (χ0n) is 33.4. The van der Waals surface area contributed by atoms with Gasteiger partial charge in [-0.2, -0.15) is 0 Å². The topological polar surface area (TPSA) is 112 Å². The van der Waals surface area contributed by atoms with Crippen LogP contribution in [0, 0.1) is 0 Å². The smallest absolute Gasteiger partial charge is 0.220 e. The predicted molar refractivity (Wildman–Crippen MR) is 226 cm³/mol. The molecule has 0 aromatic heterocycles. The number of rotatable bonds is 33. The first-order chi connectivity index (χ1) is 26.3. The van der Waals surface area contributed by atoms with Crippen LogP contribution in [0.3, 0.4) is 0 Å². The van der Waals surface area contributed by atoms with Crippen LogP contribution in [0.15, 0.2) is 109 Å². The van der Waals surface area contributed by atoms with Crippen molar-refractivity contribution in [1.29, 1.82) is 0 Å². The predicted octanol–water partition coefficient (Wildman–Crippen LogP) is 11.0. The fourth-order valence-corrected chi connectivity index (χ4v) is 6.03. The SMILES string of the molecule is CC/C=C\C/C=C\C/C=C\CCCCCCCC(=O)C(O)(C(=O)CCCCCCC/C=C\C/C=C\C/C=C\CC)C(O)(CO)C(=O)/C=C/c1ccccc1. The Hall–Kier alpha value is -3.71. The van der Waals surface area contributed by atoms with Crippen LogP contribution in [0.2, 0.25) is 0 Å². The fraction of sp³-hybridized carbons (Fsp3) is 0.521. The molecule has 0 spiro atoms. The molecule has 3 N–H and O–H groups in total. The van der Waals surface area contributed by atoms with Gasteiger partial charge in [-0.3, -0.25) is 14.4 Å². The van der Waals surface area contributed by atoms with Crippen LogP contribution in [-0.2, 0) is 14.4 Å². The molecule has 0 heterocycles. The van der Waals surface area contributed by atoms with Gasteiger partial charge in [0.25, 0.3) is 0 Å². The van der Waals surface area contributed by atoms with Crippen molar-refractivity contribution in [3.63, 3.8) is 0 Å². The van der Waals surface area contributed by atoms with E-state index in [4.69, 9.17) is 0 Å². The molecule has 0 radical (unpaired) electrons. The van der Waals surface area contributed by atoms with Gasteiger partial charge in [0.2, 0.25) is 5.60 Å². The van der Waals surface area contributed by atoms with Crippen LogP contribution in [0.5, 0.6) is 0 Å². The van der Waals surface area contributed by atoms with Gasteiger partial charge >= 0.3 is 0 Å². The molecule has 6 nitrogen and oxygen atoms in total. The highest BCUT2D eigenvalue weighted by atomic mass is 16.4. The summed E-state index contributed by atoms with van der Waals surface area (Å²) in [6, 6.07) is 8.86. The molecular formula is C48H70O6. The van der Waals surface area contributed by atoms with E-state index in [1.807, 2.05) is 6.07 Å². The number of unbranched alkanes of at least 4 members (excludes halogenated alkanes) is 10. The van der Waals surface area contributed by atoms with Crippen molar-refractivity contribution >= 4 is 23.4 Å². The Balaban J connectivity index is 2.69. The normalized spacial score (nSPS) is 13.9. The molecule has 1 atom stereocenters. The van der Waals surface area contributed by atoms with E-state index in [9.17, 15) is 29.7 Å². The fourth-order valence-electron chi connectivity index (χ4n) is 6.03. The van der Waals surface area contributed by atoms with E-state index in [1.54, 1.807) is 24.3 Å². The van der Waals surface area contributed by atoms with E-state index in [1.165, 1.54) is 6.08 Å². The van der Waals surface area contributed by atoms with Crippen molar-refractivity contribution in [2.45, 2.75) is 153 Å². The van der Waals surface area contributed by atoms with Gasteiger partial charge in [0.1, 0.15) is 0 Å². The Morgan fingerprint density at radius 2 is 0.926 bits per heavy atom. The van der Waals surface area contributed by atoms with E-state index in [0.29, 0.717) is 31.2 Å². The van der Waals surface area contributed by atoms with Crippen molar-refractivity contribution in [1.82, 2.24) is 0 Å². The Kier molecular flexibility index (Phi) is 28.3. The molecule has 0 aliphatic rings. The van der Waals surface area contributed by atoms with Crippen molar-refractivity contribution < 1.29 is 29.7 Å². The van der Waals surface area contributed by atoms with E-state index in [-0.39, 0.29) is 12.8 Å². The summed E-state index contributed by atoms with van der Waals surface area (Å²) < 4.78 is 0. The number of hydrogen-bond acceptors (Lipinski definition) is 6. The summed E-state index contributed by atoms with van der Waals surface area (Å²) in [6.07, 6.45) is 43.9. The van der Waals surface area contributed by atoms with Crippen LogP contribution in [0.4, 0.5) is 0 Å². The number of carbonyl (C=O) groups excluding carboxylic acids is 3. The molecular weight excluding hydrogens is 673 g/mol. The highest BCUT2D eigenvalue weighted by molar-refractivity contribution is 6.18. The van der Waals surface area contributed by atoms with Gasteiger partial charge < -0.3 is 15.3 Å². The summed E-state index contributed by atoms with van der Waals surface area (Å²) >= 11 is 0. The Morgan fingerprint density at radius 3 is 1.35 bits per heavy atom. The van der Waals surface area contributed by atoms with Crippen molar-refractivity contribution in [2.24, 2.45) is 0 Å². The number of benzene rings is 1. The van der Waals surface area contributed by atoms with Gasteiger partial charge in [-0.15, -0.1) is 0 Å². The van der Waals surface area contributed by atoms with Crippen LogP contribution >= 0.6 is 0 Å². The molecule has 0 amide bonds. The zero-order chi connectivity index (χ0) is 39.6. The van der Waals surface area contributed by atoms with Gasteiger partial charge in [-0.25, -0.2) is 0 Å². The minimum atomic E-state index is -3.04. The van der Waals surface area contributed by atoms with E-state index < -0.39 is 35.2 Å². The molecule has 1 aromatic carbocycles. The first-order valence-electron chi connectivity index (χ1n) is 20.6. The zero-order valence-corrected chi connectivity index (χ0v) is 33.4. The third-order valence-corrected chi connectivity index (χ3v) is 9.38. The Morgan fingerprint density at radius 1 is 0.537 bits per heavy atom. The van der Waals surface area contributed by atoms with Crippen molar-refractivity contribution in [3.8, 4) is 0 Å². The molecule has 298 valence electrons. The van der Waals surface area contributed by atoms with Crippen LogP contribution in [0.1, 0.15) is 148 Å². The van der Waals surface area contributed by atoms with Gasteiger partial charge in [-0.05, 0) is 88.7 Å². The average molecular weight is 743 g/mol. The largest absolute Gasteiger partial charge is 0.393 e. The lowest BCUT2D eigenvalue weighted by atomic mass is 9.71. The van der Waals surface area contributed by atoms with E-state index in [0.717, 1.165) is 96.0 Å². The lowest BCUT2D eigenvalue weighted by Crippen LogP contribution is -2.69. The van der Waals surface area contributed by atoms with Crippen LogP contribution in [0.25, 0.3) is 6.08 Å². The van der Waals surface area contributed by atoms with Crippen LogP contribution < -0.4 is 0 Å². The number of Topliss-reactive ketones (excluding diaryl/α,β-unsaturated/α-hetero) is 2. The lowest BCUT2D eigenvalue weighted by molar-refractivity contribution is -0.191. The van der Waals surface area contributed by atoms with Crippen LogP contribution in [-0.4, -0.2) is 50.5 Å². The minimum absolute atomic E-state index is 0.181. The summed E-state index contributed by atoms with van der Waals surface area (Å²) in [7, 11) is 0. The highest BCUT2D eigenvalue weighted by Gasteiger charge is 2.61. The number of hydrogen-bond donors (Lipinski definition) is 3. The molecule has 0 saturated carbocycles. The highest BCUT2D eigenvalue weighted by Crippen LogP contribution is 2.31. The van der Waals surface area contributed by atoms with E-state index >= 15 is 0 Å². The third kappa shape index (κ3) is 20.1. The monoisotopic (exact) mass is 743 g/mol. The molecule has 6 heteroatoms. The number of ketones is 3. The lowest BCUT2D eigenvalue weighted by Gasteiger charge is -2.38. The molecule has 0 bridgehead atoms. The molecule has 0 aliphatic heterocycles. The number of aliphatic hydroxyl groups is 3. The Labute approximate surface area is 327 Å². The molecule has 1 rings (SSSR count). The maximum absolute atomic E-state index is 13.6. The van der Waals surface area contributed by atoms with Gasteiger partial charge in [0.15, 0.2) is 23.0 Å². The maximum Gasteiger partial charge on any atom is 0.220 e. The molecule has 0 aliphatic carbocycles. The third-order valence-electron chi connectivity index (χ3n) is 9.38. The van der Waals surface area contributed by atoms with Gasteiger partial charge in [-0.1, -0.05) is 162 Å². The van der Waals surface area contributed by atoms with Crippen molar-refractivity contribution in [3.05, 3.63) is 115 Å². The minimum Gasteiger partial charge on any atom is -0.393 e. The molecule has 0 saturated heterocycles. The molecule has 1 aromatic rings. The first kappa shape index (κ1) is 48.3. The maximum atomic E-state index is 13.6. The van der Waals surface area contributed by atoms with Gasteiger partial charge in [0.05, 0.1) is 6.61 Å². The summed E-state index contributed by atoms with van der Waals surface area (Å²) in [5.41, 5.74) is -5.39. The molecule has 54 heavy (non-hydrogen) atoms.